The third-order valence-corrected chi connectivity index (χ3v) is 3.73. The van der Waals surface area contributed by atoms with E-state index in [4.69, 9.17) is 0 Å². The third-order valence-electron chi connectivity index (χ3n) is 3.73. The van der Waals surface area contributed by atoms with Crippen molar-refractivity contribution in [2.24, 2.45) is 0 Å². The Morgan fingerprint density at radius 2 is 1.47 bits per heavy atom. The second-order valence-electron chi connectivity index (χ2n) is 4.69. The zero-order chi connectivity index (χ0) is 11.2. The first-order valence-corrected chi connectivity index (χ1v) is 6.05. The average molecular weight is 219 g/mol. The molecule has 2 atom stereocenters. The van der Waals surface area contributed by atoms with Crippen molar-refractivity contribution >= 4 is 0 Å². The van der Waals surface area contributed by atoms with Crippen LogP contribution in [0.15, 0.2) is 83.7 Å². The van der Waals surface area contributed by atoms with E-state index in [1.54, 1.807) is 0 Å². The van der Waals surface area contributed by atoms with Crippen LogP contribution in [-0.4, -0.2) is 17.0 Å². The van der Waals surface area contributed by atoms with Gasteiger partial charge in [-0.25, -0.2) is 0 Å². The fourth-order valence-corrected chi connectivity index (χ4v) is 2.94. The van der Waals surface area contributed by atoms with Crippen LogP contribution in [0, 0.1) is 0 Å². The predicted molar refractivity (Wildman–Crippen MR) is 70.2 cm³/mol. The minimum absolute atomic E-state index is 0.398. The smallest absolute Gasteiger partial charge is 0.0740 e. The minimum Gasteiger partial charge on any atom is -0.350 e. The van der Waals surface area contributed by atoms with Crippen molar-refractivity contribution < 1.29 is 0 Å². The molecule has 4 rings (SSSR count). The fraction of sp³-hybridized carbons (Fsp3) is 0.125. The van der Waals surface area contributed by atoms with Gasteiger partial charge in [-0.1, -0.05) is 54.7 Å². The zero-order valence-corrected chi connectivity index (χ0v) is 9.45. The van der Waals surface area contributed by atoms with Crippen molar-refractivity contribution in [3.63, 3.8) is 0 Å². The van der Waals surface area contributed by atoms with Gasteiger partial charge in [0.2, 0.25) is 0 Å². The van der Waals surface area contributed by atoms with E-state index in [-0.39, 0.29) is 0 Å². The molecule has 2 aliphatic carbocycles. The largest absolute Gasteiger partial charge is 0.350 e. The van der Waals surface area contributed by atoms with E-state index in [1.165, 1.54) is 16.8 Å². The van der Waals surface area contributed by atoms with Gasteiger partial charge in [-0.3, -0.25) is 0 Å². The SMILES string of the molecule is C1=CC2=CC=C3C=C4C=CC=CC4N3C2C=C1. The maximum Gasteiger partial charge on any atom is 0.0740 e. The van der Waals surface area contributed by atoms with Crippen LogP contribution in [-0.2, 0) is 0 Å². The van der Waals surface area contributed by atoms with Gasteiger partial charge < -0.3 is 4.90 Å². The highest BCUT2D eigenvalue weighted by molar-refractivity contribution is 5.54. The molecule has 0 saturated heterocycles. The van der Waals surface area contributed by atoms with Gasteiger partial charge in [0, 0.05) is 5.70 Å². The number of rotatable bonds is 0. The van der Waals surface area contributed by atoms with Crippen LogP contribution >= 0.6 is 0 Å². The molecule has 17 heavy (non-hydrogen) atoms. The van der Waals surface area contributed by atoms with E-state index in [2.05, 4.69) is 71.7 Å². The van der Waals surface area contributed by atoms with Crippen LogP contribution in [0.4, 0.5) is 0 Å². The van der Waals surface area contributed by atoms with Crippen molar-refractivity contribution in [3.8, 4) is 0 Å². The Balaban J connectivity index is 1.84. The van der Waals surface area contributed by atoms with Gasteiger partial charge in [0.05, 0.1) is 12.1 Å². The molecule has 1 heteroatoms. The van der Waals surface area contributed by atoms with Crippen molar-refractivity contribution in [2.75, 3.05) is 0 Å². The van der Waals surface area contributed by atoms with Crippen LogP contribution < -0.4 is 0 Å². The summed E-state index contributed by atoms with van der Waals surface area (Å²) in [7, 11) is 0. The molecule has 0 fully saturated rings. The molecule has 82 valence electrons. The third kappa shape index (κ3) is 1.19. The molecule has 0 bridgehead atoms. The lowest BCUT2D eigenvalue weighted by Crippen LogP contribution is -2.40. The molecule has 0 amide bonds. The number of fused-ring (bicyclic) bond motifs is 5. The van der Waals surface area contributed by atoms with Crippen molar-refractivity contribution in [1.82, 2.24) is 4.90 Å². The second kappa shape index (κ2) is 3.24. The van der Waals surface area contributed by atoms with E-state index in [1.807, 2.05) is 0 Å². The highest BCUT2D eigenvalue weighted by Gasteiger charge is 2.35. The molecule has 2 aliphatic heterocycles. The molecule has 0 N–H and O–H groups in total. The normalized spacial score (nSPS) is 31.5. The van der Waals surface area contributed by atoms with Gasteiger partial charge in [-0.05, 0) is 23.3 Å². The lowest BCUT2D eigenvalue weighted by atomic mass is 9.95. The molecule has 0 spiro atoms. The first-order valence-electron chi connectivity index (χ1n) is 6.05. The van der Waals surface area contributed by atoms with Gasteiger partial charge in [0.25, 0.3) is 0 Å². The molecule has 0 aromatic carbocycles. The number of allylic oxidation sites excluding steroid dienone is 7. The first-order chi connectivity index (χ1) is 8.43. The van der Waals surface area contributed by atoms with Crippen LogP contribution in [0.25, 0.3) is 0 Å². The summed E-state index contributed by atoms with van der Waals surface area (Å²) in [5, 5.41) is 0. The van der Waals surface area contributed by atoms with Gasteiger partial charge in [-0.2, -0.15) is 0 Å². The van der Waals surface area contributed by atoms with Gasteiger partial charge in [0.15, 0.2) is 0 Å². The Morgan fingerprint density at radius 1 is 0.765 bits per heavy atom. The van der Waals surface area contributed by atoms with Gasteiger partial charge >= 0.3 is 0 Å². The molecular formula is C16H13N. The standard InChI is InChI=1S/C16H13N/c1-3-7-15-12(5-1)9-10-14-11-13-6-2-4-8-16(13)17(14)15/h1-11,15-16H. The summed E-state index contributed by atoms with van der Waals surface area (Å²) in [6.07, 6.45) is 24.3. The Morgan fingerprint density at radius 3 is 2.29 bits per heavy atom. The fourth-order valence-electron chi connectivity index (χ4n) is 2.94. The Hall–Kier alpha value is -2.02. The Bertz CT molecular complexity index is 573. The average Bonchev–Trinajstić information content (AvgIpc) is 2.77. The first kappa shape index (κ1) is 9.06. The minimum atomic E-state index is 0.398. The lowest BCUT2D eigenvalue weighted by Gasteiger charge is -2.38. The molecule has 0 aromatic heterocycles. The highest BCUT2D eigenvalue weighted by atomic mass is 15.2. The van der Waals surface area contributed by atoms with Gasteiger partial charge in [0.1, 0.15) is 0 Å². The zero-order valence-electron chi connectivity index (χ0n) is 9.45. The summed E-state index contributed by atoms with van der Waals surface area (Å²) < 4.78 is 0. The van der Waals surface area contributed by atoms with Gasteiger partial charge in [-0.15, -0.1) is 0 Å². The van der Waals surface area contributed by atoms with E-state index in [0.29, 0.717) is 12.1 Å². The summed E-state index contributed by atoms with van der Waals surface area (Å²) in [4.78, 5) is 2.49. The van der Waals surface area contributed by atoms with Crippen LogP contribution in [0.2, 0.25) is 0 Å². The molecule has 0 radical (unpaired) electrons. The van der Waals surface area contributed by atoms with E-state index < -0.39 is 0 Å². The number of hydrogen-bond donors (Lipinski definition) is 0. The number of nitrogens with zero attached hydrogens (tertiary/aromatic N) is 1. The maximum absolute atomic E-state index is 2.49. The monoisotopic (exact) mass is 219 g/mol. The van der Waals surface area contributed by atoms with E-state index >= 15 is 0 Å². The van der Waals surface area contributed by atoms with E-state index in [9.17, 15) is 0 Å². The maximum atomic E-state index is 2.49. The summed E-state index contributed by atoms with van der Waals surface area (Å²) in [5.41, 5.74) is 4.11. The summed E-state index contributed by atoms with van der Waals surface area (Å²) in [6.45, 7) is 0. The van der Waals surface area contributed by atoms with Crippen LogP contribution in [0.5, 0.6) is 0 Å². The Labute approximate surface area is 101 Å². The van der Waals surface area contributed by atoms with Crippen LogP contribution in [0.3, 0.4) is 0 Å². The molecule has 0 aromatic rings. The van der Waals surface area contributed by atoms with E-state index in [0.717, 1.165) is 0 Å². The lowest BCUT2D eigenvalue weighted by molar-refractivity contribution is 0.321. The summed E-state index contributed by atoms with van der Waals surface area (Å²) >= 11 is 0. The second-order valence-corrected chi connectivity index (χ2v) is 4.69. The van der Waals surface area contributed by atoms with Crippen molar-refractivity contribution in [3.05, 3.63) is 83.7 Å². The molecule has 4 aliphatic rings. The number of hydrogen-bond acceptors (Lipinski definition) is 1. The topological polar surface area (TPSA) is 3.24 Å². The quantitative estimate of drug-likeness (QED) is 0.605. The molecular weight excluding hydrogens is 206 g/mol. The highest BCUT2D eigenvalue weighted by Crippen LogP contribution is 2.38. The predicted octanol–water partition coefficient (Wildman–Crippen LogP) is 3.04. The molecule has 2 heterocycles. The Kier molecular flexibility index (Phi) is 1.72. The summed E-state index contributed by atoms with van der Waals surface area (Å²) in [5.74, 6) is 0. The van der Waals surface area contributed by atoms with Crippen LogP contribution in [0.1, 0.15) is 0 Å². The summed E-state index contributed by atoms with van der Waals surface area (Å²) in [6, 6.07) is 0.811. The molecule has 2 unspecified atom stereocenters. The van der Waals surface area contributed by atoms with Crippen molar-refractivity contribution in [1.29, 1.82) is 0 Å². The molecule has 0 saturated carbocycles. The molecule has 1 nitrogen and oxygen atoms in total. The van der Waals surface area contributed by atoms with Crippen molar-refractivity contribution in [2.45, 2.75) is 12.1 Å².